The summed E-state index contributed by atoms with van der Waals surface area (Å²) in [5.41, 5.74) is 2.45. The van der Waals surface area contributed by atoms with Crippen LogP contribution >= 0.6 is 11.3 Å². The van der Waals surface area contributed by atoms with Crippen molar-refractivity contribution < 1.29 is 14.5 Å². The fourth-order valence-corrected chi connectivity index (χ4v) is 4.26. The molecule has 4 rings (SSSR count). The van der Waals surface area contributed by atoms with E-state index in [0.29, 0.717) is 44.2 Å². The van der Waals surface area contributed by atoms with Crippen LogP contribution in [0, 0.1) is 17.0 Å². The van der Waals surface area contributed by atoms with E-state index in [1.54, 1.807) is 46.6 Å². The predicted octanol–water partition coefficient (Wildman–Crippen LogP) is 4.30. The van der Waals surface area contributed by atoms with Crippen molar-refractivity contribution in [2.75, 3.05) is 31.1 Å². The number of anilines is 1. The van der Waals surface area contributed by atoms with Gasteiger partial charge in [-0.1, -0.05) is 24.3 Å². The zero-order valence-corrected chi connectivity index (χ0v) is 19.0. The van der Waals surface area contributed by atoms with Crippen molar-refractivity contribution in [3.05, 3.63) is 86.4 Å². The first-order valence-electron chi connectivity index (χ1n) is 10.6. The molecule has 0 bridgehead atoms. The number of hydrogen-bond acceptors (Lipinski definition) is 7. The Morgan fingerprint density at radius 2 is 1.97 bits per heavy atom. The number of carbonyl (C=O) groups excluding carboxylic acids is 1. The summed E-state index contributed by atoms with van der Waals surface area (Å²) < 4.78 is 5.81. The van der Waals surface area contributed by atoms with Gasteiger partial charge in [0.05, 0.1) is 15.6 Å². The second-order valence-electron chi connectivity index (χ2n) is 7.61. The Bertz CT molecular complexity index is 1170. The number of ether oxygens (including phenoxy) is 1. The van der Waals surface area contributed by atoms with E-state index in [-0.39, 0.29) is 16.5 Å². The molecule has 2 heterocycles. The molecule has 1 aliphatic heterocycles. The maximum absolute atomic E-state index is 12.7. The smallest absolute Gasteiger partial charge is 0.292 e. The van der Waals surface area contributed by atoms with Gasteiger partial charge >= 0.3 is 0 Å². The number of aromatic nitrogens is 1. The lowest BCUT2D eigenvalue weighted by Gasteiger charge is -2.35. The Kier molecular flexibility index (Phi) is 6.99. The maximum Gasteiger partial charge on any atom is 0.292 e. The number of rotatable bonds is 7. The zero-order chi connectivity index (χ0) is 23.2. The van der Waals surface area contributed by atoms with Crippen molar-refractivity contribution in [1.29, 1.82) is 0 Å². The average molecular weight is 465 g/mol. The van der Waals surface area contributed by atoms with Crippen LogP contribution < -0.4 is 9.64 Å². The Morgan fingerprint density at radius 1 is 1.18 bits per heavy atom. The van der Waals surface area contributed by atoms with Gasteiger partial charge in [-0.3, -0.25) is 14.9 Å². The molecule has 1 amide bonds. The normalized spacial score (nSPS) is 14.0. The Labute approximate surface area is 195 Å². The summed E-state index contributed by atoms with van der Waals surface area (Å²) in [4.78, 5) is 31.7. The molecule has 1 aromatic heterocycles. The minimum atomic E-state index is -0.370. The highest BCUT2D eigenvalue weighted by atomic mass is 32.1. The number of para-hydroxylation sites is 2. The highest BCUT2D eigenvalue weighted by Gasteiger charge is 2.24. The summed E-state index contributed by atoms with van der Waals surface area (Å²) in [6, 6.07) is 14.3. The number of thiazole rings is 1. The van der Waals surface area contributed by atoms with E-state index in [1.165, 1.54) is 6.07 Å². The van der Waals surface area contributed by atoms with Gasteiger partial charge in [-0.25, -0.2) is 4.98 Å². The topological polar surface area (TPSA) is 88.8 Å². The molecule has 0 radical (unpaired) electrons. The zero-order valence-electron chi connectivity index (χ0n) is 18.2. The van der Waals surface area contributed by atoms with E-state index in [1.807, 2.05) is 41.5 Å². The average Bonchev–Trinajstić information content (AvgIpc) is 3.26. The first-order chi connectivity index (χ1) is 16.0. The van der Waals surface area contributed by atoms with E-state index >= 15 is 0 Å². The van der Waals surface area contributed by atoms with Gasteiger partial charge < -0.3 is 14.5 Å². The van der Waals surface area contributed by atoms with Crippen LogP contribution in [0.15, 0.2) is 60.0 Å². The molecular formula is C24H24N4O4S. The molecule has 1 fully saturated rings. The SMILES string of the molecule is Cc1nc(COc2cccc(/C=C/C(=O)N3CCN(c4ccccc4[N+](=O)[O-])CC3)c2)cs1. The van der Waals surface area contributed by atoms with Crippen molar-refractivity contribution in [1.82, 2.24) is 9.88 Å². The summed E-state index contributed by atoms with van der Waals surface area (Å²) >= 11 is 1.59. The van der Waals surface area contributed by atoms with Crippen LogP contribution in [0.25, 0.3) is 6.08 Å². The van der Waals surface area contributed by atoms with E-state index < -0.39 is 0 Å². The van der Waals surface area contributed by atoms with Crippen molar-refractivity contribution in [3.8, 4) is 5.75 Å². The van der Waals surface area contributed by atoms with Crippen LogP contribution in [-0.2, 0) is 11.4 Å². The van der Waals surface area contributed by atoms with Crippen LogP contribution in [0.3, 0.4) is 0 Å². The lowest BCUT2D eigenvalue weighted by Crippen LogP contribution is -2.48. The number of aryl methyl sites for hydroxylation is 1. The van der Waals surface area contributed by atoms with Crippen LogP contribution in [0.5, 0.6) is 5.75 Å². The molecule has 33 heavy (non-hydrogen) atoms. The van der Waals surface area contributed by atoms with E-state index in [9.17, 15) is 14.9 Å². The molecule has 1 aliphatic rings. The minimum Gasteiger partial charge on any atom is -0.487 e. The molecule has 3 aromatic rings. The van der Waals surface area contributed by atoms with Gasteiger partial charge in [-0.15, -0.1) is 11.3 Å². The lowest BCUT2D eigenvalue weighted by molar-refractivity contribution is -0.384. The molecule has 8 nitrogen and oxygen atoms in total. The van der Waals surface area contributed by atoms with Crippen LogP contribution in [-0.4, -0.2) is 46.9 Å². The largest absolute Gasteiger partial charge is 0.487 e. The summed E-state index contributed by atoms with van der Waals surface area (Å²) in [6.45, 7) is 4.47. The van der Waals surface area contributed by atoms with Gasteiger partial charge in [-0.05, 0) is 36.8 Å². The highest BCUT2D eigenvalue weighted by molar-refractivity contribution is 7.09. The third kappa shape index (κ3) is 5.75. The molecule has 1 saturated heterocycles. The quantitative estimate of drug-likeness (QED) is 0.294. The first-order valence-corrected chi connectivity index (χ1v) is 11.5. The standard InChI is InChI=1S/C24H24N4O4S/c1-18-25-20(17-33-18)16-32-21-6-4-5-19(15-21)9-10-24(29)27-13-11-26(12-14-27)22-7-2-3-8-23(22)28(30)31/h2-10,15,17H,11-14,16H2,1H3/b10-9+. The Hall–Kier alpha value is -3.72. The van der Waals surface area contributed by atoms with Crippen molar-refractivity contribution >= 4 is 34.7 Å². The first kappa shape index (κ1) is 22.5. The van der Waals surface area contributed by atoms with E-state index in [2.05, 4.69) is 4.98 Å². The summed E-state index contributed by atoms with van der Waals surface area (Å²) in [7, 11) is 0. The van der Waals surface area contributed by atoms with Gasteiger partial charge in [0.15, 0.2) is 0 Å². The van der Waals surface area contributed by atoms with Gasteiger partial charge in [-0.2, -0.15) is 0 Å². The van der Waals surface area contributed by atoms with Crippen LogP contribution in [0.1, 0.15) is 16.3 Å². The highest BCUT2D eigenvalue weighted by Crippen LogP contribution is 2.28. The van der Waals surface area contributed by atoms with Gasteiger partial charge in [0, 0.05) is 43.7 Å². The van der Waals surface area contributed by atoms with Crippen LogP contribution in [0.4, 0.5) is 11.4 Å². The van der Waals surface area contributed by atoms with Crippen molar-refractivity contribution in [3.63, 3.8) is 0 Å². The fourth-order valence-electron chi connectivity index (χ4n) is 3.67. The molecule has 0 N–H and O–H groups in total. The van der Waals surface area contributed by atoms with Gasteiger partial charge in [0.2, 0.25) is 5.91 Å². The minimum absolute atomic E-state index is 0.0820. The Morgan fingerprint density at radius 3 is 2.70 bits per heavy atom. The second kappa shape index (κ2) is 10.3. The fraction of sp³-hybridized carbons (Fsp3) is 0.250. The van der Waals surface area contributed by atoms with Crippen LogP contribution in [0.2, 0.25) is 0 Å². The third-order valence-electron chi connectivity index (χ3n) is 5.34. The molecule has 0 aliphatic carbocycles. The van der Waals surface area contributed by atoms with Gasteiger partial charge in [0.25, 0.3) is 5.69 Å². The number of hydrogen-bond donors (Lipinski definition) is 0. The van der Waals surface area contributed by atoms with Crippen molar-refractivity contribution in [2.24, 2.45) is 0 Å². The van der Waals surface area contributed by atoms with Crippen molar-refractivity contribution in [2.45, 2.75) is 13.5 Å². The van der Waals surface area contributed by atoms with E-state index in [4.69, 9.17) is 4.74 Å². The number of nitro benzene ring substituents is 1. The summed E-state index contributed by atoms with van der Waals surface area (Å²) in [6.07, 6.45) is 3.33. The monoisotopic (exact) mass is 464 g/mol. The molecule has 9 heteroatoms. The third-order valence-corrected chi connectivity index (χ3v) is 6.16. The summed E-state index contributed by atoms with van der Waals surface area (Å²) in [5.74, 6) is 0.634. The summed E-state index contributed by atoms with van der Waals surface area (Å²) in [5, 5.41) is 14.3. The number of amides is 1. The molecule has 2 aromatic carbocycles. The van der Waals surface area contributed by atoms with E-state index in [0.717, 1.165) is 16.3 Å². The number of piperazine rings is 1. The molecule has 0 spiro atoms. The molecule has 0 atom stereocenters. The number of carbonyl (C=O) groups is 1. The lowest BCUT2D eigenvalue weighted by atomic mass is 10.2. The number of nitro groups is 1. The molecule has 170 valence electrons. The maximum atomic E-state index is 12.7. The molecule has 0 saturated carbocycles. The number of nitrogens with zero attached hydrogens (tertiary/aromatic N) is 4. The number of benzene rings is 2. The molecule has 0 unspecified atom stereocenters. The Balaban J connectivity index is 1.32. The van der Waals surface area contributed by atoms with Gasteiger partial charge in [0.1, 0.15) is 18.0 Å². The predicted molar refractivity (Wildman–Crippen MR) is 129 cm³/mol. The molecular weight excluding hydrogens is 440 g/mol. The second-order valence-corrected chi connectivity index (χ2v) is 8.67.